The lowest BCUT2D eigenvalue weighted by atomic mass is 10.0. The van der Waals surface area contributed by atoms with E-state index in [0.29, 0.717) is 6.10 Å². The van der Waals surface area contributed by atoms with Crippen LogP contribution < -0.4 is 4.90 Å². The number of rotatable bonds is 3. The summed E-state index contributed by atoms with van der Waals surface area (Å²) in [6.07, 6.45) is 3.47. The summed E-state index contributed by atoms with van der Waals surface area (Å²) in [4.78, 5) is 13.1. The fourth-order valence-electron chi connectivity index (χ4n) is 2.34. The fourth-order valence-corrected chi connectivity index (χ4v) is 2.34. The second kappa shape index (κ2) is 5.32. The Morgan fingerprint density at radius 1 is 1.35 bits per heavy atom. The van der Waals surface area contributed by atoms with E-state index in [9.17, 15) is 4.79 Å². The highest BCUT2D eigenvalue weighted by Gasteiger charge is 2.18. The summed E-state index contributed by atoms with van der Waals surface area (Å²) < 4.78 is 5.36. The minimum Gasteiger partial charge on any atom is -0.381 e. The molecule has 1 aromatic rings. The molecule has 3 heteroatoms. The molecule has 0 spiro atoms. The van der Waals surface area contributed by atoms with Crippen LogP contribution in [0.4, 0.5) is 5.69 Å². The Hall–Kier alpha value is -1.35. The van der Waals surface area contributed by atoms with Crippen LogP contribution in [0.5, 0.6) is 0 Å². The molecule has 0 unspecified atom stereocenters. The van der Waals surface area contributed by atoms with Crippen molar-refractivity contribution in [3.63, 3.8) is 0 Å². The third-order valence-electron chi connectivity index (χ3n) is 3.52. The number of piperidine rings is 1. The molecule has 0 amide bonds. The van der Waals surface area contributed by atoms with E-state index in [1.54, 1.807) is 7.11 Å². The molecule has 1 heterocycles. The summed E-state index contributed by atoms with van der Waals surface area (Å²) in [5.74, 6) is 0. The molecule has 1 aromatic carbocycles. The average Bonchev–Trinajstić information content (AvgIpc) is 2.39. The Balaban J connectivity index is 2.08. The van der Waals surface area contributed by atoms with Gasteiger partial charge in [0.15, 0.2) is 0 Å². The zero-order chi connectivity index (χ0) is 12.3. The smallest absolute Gasteiger partial charge is 0.150 e. The molecule has 1 aliphatic rings. The molecule has 0 N–H and O–H groups in total. The Labute approximate surface area is 102 Å². The number of methoxy groups -OCH3 is 1. The van der Waals surface area contributed by atoms with Gasteiger partial charge in [-0.15, -0.1) is 0 Å². The van der Waals surface area contributed by atoms with Gasteiger partial charge in [-0.2, -0.15) is 0 Å². The number of benzene rings is 1. The predicted octanol–water partition coefficient (Wildman–Crippen LogP) is 2.42. The largest absolute Gasteiger partial charge is 0.381 e. The van der Waals surface area contributed by atoms with Crippen LogP contribution >= 0.6 is 0 Å². The average molecular weight is 233 g/mol. The fraction of sp³-hybridized carbons (Fsp3) is 0.500. The summed E-state index contributed by atoms with van der Waals surface area (Å²) in [6, 6.07) is 6.03. The van der Waals surface area contributed by atoms with E-state index in [2.05, 4.69) is 11.0 Å². The van der Waals surface area contributed by atoms with Gasteiger partial charge in [-0.05, 0) is 43.5 Å². The van der Waals surface area contributed by atoms with Gasteiger partial charge in [0, 0.05) is 31.5 Å². The molecule has 92 valence electrons. The SMILES string of the molecule is COC1CCN(c2ccc(C=O)c(C)c2)CC1. The van der Waals surface area contributed by atoms with E-state index < -0.39 is 0 Å². The standard InChI is InChI=1S/C14H19NO2/c1-11-9-13(4-3-12(11)10-16)15-7-5-14(17-2)6-8-15/h3-4,9-10,14H,5-8H2,1-2H3. The molecular weight excluding hydrogens is 214 g/mol. The molecule has 0 saturated carbocycles. The maximum absolute atomic E-state index is 10.8. The molecule has 2 rings (SSSR count). The quantitative estimate of drug-likeness (QED) is 0.751. The number of ether oxygens (including phenoxy) is 1. The van der Waals surface area contributed by atoms with Crippen LogP contribution in [0.2, 0.25) is 0 Å². The lowest BCUT2D eigenvalue weighted by Crippen LogP contribution is -2.36. The summed E-state index contributed by atoms with van der Waals surface area (Å²) in [5.41, 5.74) is 3.04. The van der Waals surface area contributed by atoms with Crippen molar-refractivity contribution in [1.29, 1.82) is 0 Å². The second-order valence-electron chi connectivity index (χ2n) is 4.58. The minimum atomic E-state index is 0.404. The molecule has 1 fully saturated rings. The maximum atomic E-state index is 10.8. The van der Waals surface area contributed by atoms with E-state index in [4.69, 9.17) is 4.74 Å². The predicted molar refractivity (Wildman–Crippen MR) is 68.8 cm³/mol. The Kier molecular flexibility index (Phi) is 3.79. The van der Waals surface area contributed by atoms with Crippen LogP contribution in [0.3, 0.4) is 0 Å². The number of anilines is 1. The van der Waals surface area contributed by atoms with Crippen LogP contribution in [0.15, 0.2) is 18.2 Å². The molecule has 0 aromatic heterocycles. The van der Waals surface area contributed by atoms with Gasteiger partial charge in [0.25, 0.3) is 0 Å². The van der Waals surface area contributed by atoms with Crippen LogP contribution in [0.25, 0.3) is 0 Å². The van der Waals surface area contributed by atoms with Gasteiger partial charge in [0.2, 0.25) is 0 Å². The van der Waals surface area contributed by atoms with E-state index in [1.165, 1.54) is 5.69 Å². The van der Waals surface area contributed by atoms with Crippen molar-refractivity contribution in [2.24, 2.45) is 0 Å². The van der Waals surface area contributed by atoms with Crippen LogP contribution in [-0.4, -0.2) is 32.6 Å². The number of aldehydes is 1. The highest BCUT2D eigenvalue weighted by Crippen LogP contribution is 2.23. The van der Waals surface area contributed by atoms with Gasteiger partial charge < -0.3 is 9.64 Å². The van der Waals surface area contributed by atoms with E-state index in [0.717, 1.165) is 43.3 Å². The van der Waals surface area contributed by atoms with Crippen molar-refractivity contribution in [2.75, 3.05) is 25.1 Å². The molecular formula is C14H19NO2. The third kappa shape index (κ3) is 2.67. The number of hydrogen-bond donors (Lipinski definition) is 0. The number of nitrogens with zero attached hydrogens (tertiary/aromatic N) is 1. The number of carbonyl (C=O) groups excluding carboxylic acids is 1. The Bertz CT molecular complexity index is 395. The zero-order valence-corrected chi connectivity index (χ0v) is 10.5. The highest BCUT2D eigenvalue weighted by atomic mass is 16.5. The molecule has 0 aliphatic carbocycles. The van der Waals surface area contributed by atoms with Crippen molar-refractivity contribution in [1.82, 2.24) is 0 Å². The molecule has 1 saturated heterocycles. The normalized spacial score (nSPS) is 17.2. The second-order valence-corrected chi connectivity index (χ2v) is 4.58. The molecule has 0 atom stereocenters. The summed E-state index contributed by atoms with van der Waals surface area (Å²) in [6.45, 7) is 4.03. The van der Waals surface area contributed by atoms with E-state index in [1.807, 2.05) is 19.1 Å². The maximum Gasteiger partial charge on any atom is 0.150 e. The topological polar surface area (TPSA) is 29.5 Å². The number of aryl methyl sites for hydroxylation is 1. The first-order chi connectivity index (χ1) is 8.24. The summed E-state index contributed by atoms with van der Waals surface area (Å²) in [7, 11) is 1.78. The monoisotopic (exact) mass is 233 g/mol. The van der Waals surface area contributed by atoms with Crippen molar-refractivity contribution >= 4 is 12.0 Å². The Morgan fingerprint density at radius 3 is 2.59 bits per heavy atom. The molecule has 0 bridgehead atoms. The van der Waals surface area contributed by atoms with Crippen LogP contribution in [0, 0.1) is 6.92 Å². The Morgan fingerprint density at radius 2 is 2.06 bits per heavy atom. The molecule has 0 radical (unpaired) electrons. The van der Waals surface area contributed by atoms with Gasteiger partial charge in [-0.1, -0.05) is 0 Å². The molecule has 3 nitrogen and oxygen atoms in total. The van der Waals surface area contributed by atoms with Crippen LogP contribution in [-0.2, 0) is 4.74 Å². The third-order valence-corrected chi connectivity index (χ3v) is 3.52. The first-order valence-electron chi connectivity index (χ1n) is 6.08. The van der Waals surface area contributed by atoms with Gasteiger partial charge in [-0.25, -0.2) is 0 Å². The first kappa shape index (κ1) is 12.1. The van der Waals surface area contributed by atoms with Crippen LogP contribution in [0.1, 0.15) is 28.8 Å². The van der Waals surface area contributed by atoms with Gasteiger partial charge >= 0.3 is 0 Å². The molecule has 17 heavy (non-hydrogen) atoms. The number of carbonyl (C=O) groups is 1. The van der Waals surface area contributed by atoms with Crippen molar-refractivity contribution < 1.29 is 9.53 Å². The van der Waals surface area contributed by atoms with Crippen molar-refractivity contribution in [2.45, 2.75) is 25.9 Å². The van der Waals surface area contributed by atoms with Gasteiger partial charge in [0.1, 0.15) is 6.29 Å². The first-order valence-corrected chi connectivity index (χ1v) is 6.08. The lowest BCUT2D eigenvalue weighted by Gasteiger charge is -2.33. The van der Waals surface area contributed by atoms with Crippen molar-refractivity contribution in [3.8, 4) is 0 Å². The molecule has 1 aliphatic heterocycles. The zero-order valence-electron chi connectivity index (χ0n) is 10.5. The van der Waals surface area contributed by atoms with E-state index in [-0.39, 0.29) is 0 Å². The van der Waals surface area contributed by atoms with Gasteiger partial charge in [-0.3, -0.25) is 4.79 Å². The lowest BCUT2D eigenvalue weighted by molar-refractivity contribution is 0.0819. The highest BCUT2D eigenvalue weighted by molar-refractivity contribution is 5.78. The van der Waals surface area contributed by atoms with Gasteiger partial charge in [0.05, 0.1) is 6.10 Å². The summed E-state index contributed by atoms with van der Waals surface area (Å²) >= 11 is 0. The minimum absolute atomic E-state index is 0.404. The number of hydrogen-bond acceptors (Lipinski definition) is 3. The van der Waals surface area contributed by atoms with Crippen molar-refractivity contribution in [3.05, 3.63) is 29.3 Å². The summed E-state index contributed by atoms with van der Waals surface area (Å²) in [5, 5.41) is 0. The van der Waals surface area contributed by atoms with E-state index >= 15 is 0 Å².